The highest BCUT2D eigenvalue weighted by molar-refractivity contribution is 6.30. The third-order valence-electron chi connectivity index (χ3n) is 4.11. The molecule has 2 N–H and O–H groups in total. The van der Waals surface area contributed by atoms with Crippen molar-refractivity contribution in [2.45, 2.75) is 32.2 Å². The number of ether oxygens (including phenoxy) is 1. The van der Waals surface area contributed by atoms with Crippen molar-refractivity contribution in [3.05, 3.63) is 29.3 Å². The molecule has 2 unspecified atom stereocenters. The van der Waals surface area contributed by atoms with Crippen molar-refractivity contribution >= 4 is 23.3 Å². The van der Waals surface area contributed by atoms with Gasteiger partial charge in [0.2, 0.25) is 0 Å². The van der Waals surface area contributed by atoms with Crippen LogP contribution in [0.5, 0.6) is 0 Å². The molecule has 0 aliphatic carbocycles. The number of hydrogen-bond acceptors (Lipinski definition) is 4. The molecule has 1 aromatic carbocycles. The summed E-state index contributed by atoms with van der Waals surface area (Å²) >= 11 is 6.05. The standard InChI is InChI=1S/C16H23ClN2O2/c1-3-12-11-18-9-8-16(12,15(20)21-4-2)19-14-7-5-6-13(17)10-14/h5-7,10,12,18-19H,3-4,8-9,11H2,1-2H3. The van der Waals surface area contributed by atoms with Crippen LogP contribution in [0, 0.1) is 5.92 Å². The molecule has 2 rings (SSSR count). The van der Waals surface area contributed by atoms with Crippen molar-refractivity contribution in [1.29, 1.82) is 0 Å². The van der Waals surface area contributed by atoms with Crippen molar-refractivity contribution < 1.29 is 9.53 Å². The van der Waals surface area contributed by atoms with Gasteiger partial charge in [-0.05, 0) is 44.5 Å². The van der Waals surface area contributed by atoms with Gasteiger partial charge in [-0.15, -0.1) is 0 Å². The Balaban J connectivity index is 2.32. The molecule has 0 bridgehead atoms. The molecule has 0 amide bonds. The fourth-order valence-corrected chi connectivity index (χ4v) is 3.19. The molecular weight excluding hydrogens is 288 g/mol. The van der Waals surface area contributed by atoms with Crippen molar-refractivity contribution in [3.8, 4) is 0 Å². The maximum Gasteiger partial charge on any atom is 0.332 e. The maximum absolute atomic E-state index is 12.6. The predicted octanol–water partition coefficient (Wildman–Crippen LogP) is 3.07. The van der Waals surface area contributed by atoms with E-state index < -0.39 is 5.54 Å². The fraction of sp³-hybridized carbons (Fsp3) is 0.562. The van der Waals surface area contributed by atoms with Gasteiger partial charge in [-0.25, -0.2) is 4.79 Å². The van der Waals surface area contributed by atoms with E-state index in [9.17, 15) is 4.79 Å². The molecule has 0 saturated carbocycles. The van der Waals surface area contributed by atoms with Crippen LogP contribution in [0.2, 0.25) is 5.02 Å². The Morgan fingerprint density at radius 2 is 2.33 bits per heavy atom. The molecular formula is C16H23ClN2O2. The SMILES string of the molecule is CCOC(=O)C1(Nc2cccc(Cl)c2)CCNCC1CC. The van der Waals surface area contributed by atoms with Gasteiger partial charge in [0.1, 0.15) is 5.54 Å². The van der Waals surface area contributed by atoms with E-state index in [1.807, 2.05) is 31.2 Å². The molecule has 1 fully saturated rings. The first-order valence-corrected chi connectivity index (χ1v) is 7.92. The Kier molecular flexibility index (Phi) is 5.48. The molecule has 1 aliphatic rings. The highest BCUT2D eigenvalue weighted by Crippen LogP contribution is 2.33. The number of hydrogen-bond donors (Lipinski definition) is 2. The van der Waals surface area contributed by atoms with Crippen LogP contribution in [0.4, 0.5) is 5.69 Å². The number of nitrogens with one attached hydrogen (secondary N) is 2. The van der Waals surface area contributed by atoms with Crippen LogP contribution in [0.1, 0.15) is 26.7 Å². The summed E-state index contributed by atoms with van der Waals surface area (Å²) in [5.41, 5.74) is 0.177. The molecule has 21 heavy (non-hydrogen) atoms. The van der Waals surface area contributed by atoms with Gasteiger partial charge in [-0.2, -0.15) is 0 Å². The molecule has 1 heterocycles. The average Bonchev–Trinajstić information content (AvgIpc) is 2.48. The lowest BCUT2D eigenvalue weighted by Crippen LogP contribution is -2.60. The van der Waals surface area contributed by atoms with E-state index >= 15 is 0 Å². The second-order valence-electron chi connectivity index (χ2n) is 5.39. The summed E-state index contributed by atoms with van der Waals surface area (Å²) in [6.07, 6.45) is 1.61. The van der Waals surface area contributed by atoms with Crippen molar-refractivity contribution in [1.82, 2.24) is 5.32 Å². The molecule has 0 aromatic heterocycles. The molecule has 4 nitrogen and oxygen atoms in total. The monoisotopic (exact) mass is 310 g/mol. The fourth-order valence-electron chi connectivity index (χ4n) is 3.00. The van der Waals surface area contributed by atoms with Gasteiger partial charge in [0.15, 0.2) is 0 Å². The summed E-state index contributed by atoms with van der Waals surface area (Å²) in [5, 5.41) is 7.44. The lowest BCUT2D eigenvalue weighted by Gasteiger charge is -2.43. The van der Waals surface area contributed by atoms with E-state index in [1.165, 1.54) is 0 Å². The van der Waals surface area contributed by atoms with E-state index in [2.05, 4.69) is 17.6 Å². The average molecular weight is 311 g/mol. The number of rotatable bonds is 5. The van der Waals surface area contributed by atoms with Crippen LogP contribution in [0.25, 0.3) is 0 Å². The quantitative estimate of drug-likeness (QED) is 0.821. The van der Waals surface area contributed by atoms with E-state index in [4.69, 9.17) is 16.3 Å². The van der Waals surface area contributed by atoms with Crippen molar-refractivity contribution in [2.75, 3.05) is 25.0 Å². The number of carbonyl (C=O) groups is 1. The van der Waals surface area contributed by atoms with E-state index in [0.717, 1.165) is 25.2 Å². The van der Waals surface area contributed by atoms with Crippen LogP contribution in [0.3, 0.4) is 0 Å². The van der Waals surface area contributed by atoms with Crippen LogP contribution in [-0.4, -0.2) is 31.2 Å². The predicted molar refractivity (Wildman–Crippen MR) is 85.7 cm³/mol. The lowest BCUT2D eigenvalue weighted by molar-refractivity contribution is -0.151. The van der Waals surface area contributed by atoms with Crippen LogP contribution < -0.4 is 10.6 Å². The molecule has 1 saturated heterocycles. The first-order valence-electron chi connectivity index (χ1n) is 7.54. The smallest absolute Gasteiger partial charge is 0.332 e. The van der Waals surface area contributed by atoms with Crippen LogP contribution in [0.15, 0.2) is 24.3 Å². The summed E-state index contributed by atoms with van der Waals surface area (Å²) in [5.74, 6) is 0.0163. The Bertz CT molecular complexity index is 495. The number of carbonyl (C=O) groups excluding carboxylic acids is 1. The summed E-state index contributed by atoms with van der Waals surface area (Å²) in [7, 11) is 0. The number of benzene rings is 1. The van der Waals surface area contributed by atoms with E-state index in [0.29, 0.717) is 18.1 Å². The van der Waals surface area contributed by atoms with Gasteiger partial charge < -0.3 is 15.4 Å². The highest BCUT2D eigenvalue weighted by Gasteiger charge is 2.47. The lowest BCUT2D eigenvalue weighted by atomic mass is 9.76. The Morgan fingerprint density at radius 1 is 1.52 bits per heavy atom. The third kappa shape index (κ3) is 3.50. The molecule has 2 atom stereocenters. The third-order valence-corrected chi connectivity index (χ3v) is 4.34. The summed E-state index contributed by atoms with van der Waals surface area (Å²) in [6, 6.07) is 7.48. The number of esters is 1. The molecule has 0 spiro atoms. The first kappa shape index (κ1) is 16.1. The molecule has 0 radical (unpaired) electrons. The second kappa shape index (κ2) is 7.14. The number of piperidine rings is 1. The Morgan fingerprint density at radius 3 is 3.00 bits per heavy atom. The Labute approximate surface area is 131 Å². The topological polar surface area (TPSA) is 50.4 Å². The van der Waals surface area contributed by atoms with Gasteiger partial charge >= 0.3 is 5.97 Å². The van der Waals surface area contributed by atoms with Gasteiger partial charge in [0.05, 0.1) is 6.61 Å². The summed E-state index contributed by atoms with van der Waals surface area (Å²) < 4.78 is 5.36. The normalized spacial score (nSPS) is 25.4. The van der Waals surface area contributed by atoms with Crippen LogP contribution in [-0.2, 0) is 9.53 Å². The summed E-state index contributed by atoms with van der Waals surface area (Å²) in [4.78, 5) is 12.6. The van der Waals surface area contributed by atoms with E-state index in [-0.39, 0.29) is 11.9 Å². The molecule has 116 valence electrons. The zero-order valence-corrected chi connectivity index (χ0v) is 13.4. The first-order chi connectivity index (χ1) is 10.1. The van der Waals surface area contributed by atoms with Gasteiger partial charge in [0, 0.05) is 23.2 Å². The van der Waals surface area contributed by atoms with Gasteiger partial charge in [-0.1, -0.05) is 24.6 Å². The van der Waals surface area contributed by atoms with E-state index in [1.54, 1.807) is 0 Å². The maximum atomic E-state index is 12.6. The molecule has 1 aromatic rings. The minimum Gasteiger partial charge on any atom is -0.464 e. The van der Waals surface area contributed by atoms with Crippen molar-refractivity contribution in [3.63, 3.8) is 0 Å². The van der Waals surface area contributed by atoms with Gasteiger partial charge in [-0.3, -0.25) is 0 Å². The number of anilines is 1. The highest BCUT2D eigenvalue weighted by atomic mass is 35.5. The second-order valence-corrected chi connectivity index (χ2v) is 5.82. The van der Waals surface area contributed by atoms with Crippen molar-refractivity contribution in [2.24, 2.45) is 5.92 Å². The van der Waals surface area contributed by atoms with Crippen LogP contribution >= 0.6 is 11.6 Å². The zero-order chi connectivity index (χ0) is 15.3. The molecule has 1 aliphatic heterocycles. The Hall–Kier alpha value is -1.26. The zero-order valence-electron chi connectivity index (χ0n) is 12.6. The minimum absolute atomic E-state index is 0.168. The minimum atomic E-state index is -0.680. The van der Waals surface area contributed by atoms with Gasteiger partial charge in [0.25, 0.3) is 0 Å². The largest absolute Gasteiger partial charge is 0.464 e. The summed E-state index contributed by atoms with van der Waals surface area (Å²) in [6.45, 7) is 5.94. The molecule has 5 heteroatoms. The number of halogens is 1.